The second-order valence-electron chi connectivity index (χ2n) is 7.74. The fourth-order valence-corrected chi connectivity index (χ4v) is 5.35. The van der Waals surface area contributed by atoms with Gasteiger partial charge in [0.2, 0.25) is 0 Å². The SMILES string of the molecule is [B-][N+]12CCC(CC1)C(O)(CCC(=S)Cc1nc(C(C)C)cs1)C2. The molecular weight excluding hydrogens is 323 g/mol. The lowest BCUT2D eigenvalue weighted by Gasteiger charge is -2.64. The molecule has 3 aliphatic rings. The summed E-state index contributed by atoms with van der Waals surface area (Å²) in [4.78, 5) is 5.66. The van der Waals surface area contributed by atoms with Gasteiger partial charge in [0, 0.05) is 30.8 Å². The zero-order valence-corrected chi connectivity index (χ0v) is 15.8. The van der Waals surface area contributed by atoms with Crippen LogP contribution in [-0.2, 0) is 6.42 Å². The highest BCUT2D eigenvalue weighted by atomic mass is 32.1. The van der Waals surface area contributed by atoms with Gasteiger partial charge in [-0.15, -0.1) is 11.3 Å². The predicted molar refractivity (Wildman–Crippen MR) is 100 cm³/mol. The number of fused-ring (bicyclic) bond motifs is 3. The highest BCUT2D eigenvalue weighted by Crippen LogP contribution is 2.41. The average molecular weight is 349 g/mol. The molecule has 3 saturated heterocycles. The Hall–Kier alpha value is -0.295. The van der Waals surface area contributed by atoms with Crippen LogP contribution in [0.2, 0.25) is 0 Å². The lowest BCUT2D eigenvalue weighted by atomic mass is 9.69. The van der Waals surface area contributed by atoms with Gasteiger partial charge in [-0.1, -0.05) is 26.1 Å². The lowest BCUT2D eigenvalue weighted by Crippen LogP contribution is -2.68. The molecule has 3 nitrogen and oxygen atoms in total. The van der Waals surface area contributed by atoms with Crippen molar-refractivity contribution in [2.24, 2.45) is 5.92 Å². The maximum absolute atomic E-state index is 11.1. The summed E-state index contributed by atoms with van der Waals surface area (Å²) in [6.07, 6.45) is 4.39. The first-order valence-electron chi connectivity index (χ1n) is 8.63. The largest absolute Gasteiger partial charge is 0.586 e. The highest BCUT2D eigenvalue weighted by molar-refractivity contribution is 7.80. The molecule has 3 fully saturated rings. The molecule has 4 rings (SSSR count). The fourth-order valence-electron chi connectivity index (χ4n) is 4.02. The van der Waals surface area contributed by atoms with Crippen LogP contribution in [0.3, 0.4) is 0 Å². The van der Waals surface area contributed by atoms with Crippen LogP contribution >= 0.6 is 23.6 Å². The van der Waals surface area contributed by atoms with Crippen molar-refractivity contribution in [2.75, 3.05) is 19.6 Å². The molecule has 1 N–H and O–H groups in total. The smallest absolute Gasteiger partial charge is 0.113 e. The minimum atomic E-state index is -0.624. The molecule has 0 aromatic carbocycles. The van der Waals surface area contributed by atoms with E-state index < -0.39 is 5.60 Å². The van der Waals surface area contributed by atoms with Gasteiger partial charge in [0.05, 0.1) is 17.2 Å². The molecule has 3 aliphatic heterocycles. The maximum Gasteiger partial charge on any atom is 0.113 e. The van der Waals surface area contributed by atoms with Crippen molar-refractivity contribution in [1.82, 2.24) is 4.98 Å². The summed E-state index contributed by atoms with van der Waals surface area (Å²) in [5.74, 6) is 0.867. The Balaban J connectivity index is 1.54. The van der Waals surface area contributed by atoms with E-state index in [1.165, 1.54) is 0 Å². The minimum Gasteiger partial charge on any atom is -0.586 e. The van der Waals surface area contributed by atoms with Crippen molar-refractivity contribution in [1.29, 1.82) is 0 Å². The van der Waals surface area contributed by atoms with Crippen molar-refractivity contribution in [3.63, 3.8) is 0 Å². The number of hydrogen-bond acceptors (Lipinski definition) is 4. The lowest BCUT2D eigenvalue weighted by molar-refractivity contribution is -0.846. The molecule has 0 saturated carbocycles. The fraction of sp³-hybridized carbons (Fsp3) is 0.765. The first-order valence-corrected chi connectivity index (χ1v) is 9.91. The van der Waals surface area contributed by atoms with E-state index >= 15 is 0 Å². The van der Waals surface area contributed by atoms with Gasteiger partial charge in [-0.2, -0.15) is 0 Å². The summed E-state index contributed by atoms with van der Waals surface area (Å²) >= 11 is 7.26. The second-order valence-corrected chi connectivity index (χ2v) is 9.26. The van der Waals surface area contributed by atoms with Crippen LogP contribution in [0, 0.1) is 5.92 Å². The van der Waals surface area contributed by atoms with Gasteiger partial charge in [0.25, 0.3) is 0 Å². The summed E-state index contributed by atoms with van der Waals surface area (Å²) in [5, 5.41) is 14.3. The molecule has 6 heteroatoms. The molecule has 0 amide bonds. The quantitative estimate of drug-likeness (QED) is 0.633. The Morgan fingerprint density at radius 1 is 1.52 bits per heavy atom. The Kier molecular flexibility index (Phi) is 4.99. The Bertz CT molecular complexity index is 581. The van der Waals surface area contributed by atoms with Crippen molar-refractivity contribution < 1.29 is 9.50 Å². The average Bonchev–Trinajstić information content (AvgIpc) is 2.94. The zero-order valence-electron chi connectivity index (χ0n) is 14.1. The third-order valence-corrected chi connectivity index (χ3v) is 6.76. The molecule has 0 aliphatic carbocycles. The van der Waals surface area contributed by atoms with Gasteiger partial charge in [0.15, 0.2) is 0 Å². The second kappa shape index (κ2) is 6.55. The topological polar surface area (TPSA) is 33.1 Å². The molecule has 2 bridgehead atoms. The number of rotatable bonds is 6. The van der Waals surface area contributed by atoms with Crippen LogP contribution in [0.15, 0.2) is 5.38 Å². The number of quaternary nitrogens is 1. The number of aromatic nitrogens is 1. The van der Waals surface area contributed by atoms with Crippen LogP contribution in [-0.4, -0.2) is 52.6 Å². The van der Waals surface area contributed by atoms with E-state index in [4.69, 9.17) is 20.2 Å². The van der Waals surface area contributed by atoms with Crippen molar-refractivity contribution in [3.05, 3.63) is 16.1 Å². The van der Waals surface area contributed by atoms with E-state index in [0.717, 1.165) is 60.8 Å². The summed E-state index contributed by atoms with van der Waals surface area (Å²) in [6.45, 7) is 7.02. The molecule has 4 heterocycles. The van der Waals surface area contributed by atoms with Crippen LogP contribution in [0.1, 0.15) is 56.2 Å². The van der Waals surface area contributed by atoms with Gasteiger partial charge in [-0.25, -0.2) is 13.0 Å². The van der Waals surface area contributed by atoms with Gasteiger partial charge >= 0.3 is 0 Å². The van der Waals surface area contributed by atoms with Crippen molar-refractivity contribution in [3.8, 4) is 0 Å². The number of piperidine rings is 3. The Morgan fingerprint density at radius 2 is 2.22 bits per heavy atom. The van der Waals surface area contributed by atoms with Crippen LogP contribution in [0.5, 0.6) is 0 Å². The van der Waals surface area contributed by atoms with Crippen LogP contribution in [0.25, 0.3) is 0 Å². The van der Waals surface area contributed by atoms with Crippen molar-refractivity contribution in [2.45, 2.75) is 57.5 Å². The monoisotopic (exact) mass is 349 g/mol. The number of thiazole rings is 1. The standard InChI is InChI=1S/C17H26BN2OS2/c1-12(2)15-10-23-16(19-15)9-14(22)3-6-17(21)11-20(18)7-4-13(17)5-8-20/h10,12-13,21H,3-9,11H2,1-2H3. The number of nitrogens with zero attached hydrogens (tertiary/aromatic N) is 2. The maximum atomic E-state index is 11.1. The van der Waals surface area contributed by atoms with Gasteiger partial charge < -0.3 is 9.50 Å². The third-order valence-electron chi connectivity index (χ3n) is 5.54. The highest BCUT2D eigenvalue weighted by Gasteiger charge is 2.47. The molecule has 125 valence electrons. The number of aliphatic hydroxyl groups is 1. The first-order chi connectivity index (χ1) is 10.8. The first kappa shape index (κ1) is 17.5. The molecule has 1 unspecified atom stereocenters. The van der Waals surface area contributed by atoms with E-state index in [2.05, 4.69) is 24.2 Å². The van der Waals surface area contributed by atoms with Gasteiger partial charge in [-0.05, 0) is 36.5 Å². The predicted octanol–water partition coefficient (Wildman–Crippen LogP) is 3.01. The number of hydrogen-bond donors (Lipinski definition) is 1. The van der Waals surface area contributed by atoms with E-state index in [1.807, 2.05) is 0 Å². The number of thiocarbonyl (C=S) groups is 1. The summed E-state index contributed by atoms with van der Waals surface area (Å²) in [7, 11) is 6.37. The van der Waals surface area contributed by atoms with Gasteiger partial charge in [-0.3, -0.25) is 0 Å². The van der Waals surface area contributed by atoms with E-state index in [1.54, 1.807) is 11.3 Å². The molecule has 0 spiro atoms. The van der Waals surface area contributed by atoms with Crippen molar-refractivity contribution >= 4 is 36.4 Å². The van der Waals surface area contributed by atoms with E-state index in [9.17, 15) is 5.11 Å². The Morgan fingerprint density at radius 3 is 2.78 bits per heavy atom. The van der Waals surface area contributed by atoms with E-state index in [-0.39, 0.29) is 0 Å². The summed E-state index contributed by atoms with van der Waals surface area (Å²) < 4.78 is 0.546. The third kappa shape index (κ3) is 3.86. The molecule has 23 heavy (non-hydrogen) atoms. The molecule has 3 radical (unpaired) electrons. The Labute approximate surface area is 150 Å². The zero-order chi connectivity index (χ0) is 16.7. The van der Waals surface area contributed by atoms with Crippen LogP contribution < -0.4 is 0 Å². The van der Waals surface area contributed by atoms with Gasteiger partial charge in [0.1, 0.15) is 5.60 Å². The normalized spacial score (nSPS) is 33.3. The molecule has 1 atom stereocenters. The minimum absolute atomic E-state index is 0.404. The molecule has 1 aromatic heterocycles. The summed E-state index contributed by atoms with van der Waals surface area (Å²) in [5.41, 5.74) is 0.528. The van der Waals surface area contributed by atoms with E-state index in [0.29, 0.717) is 22.8 Å². The molecule has 1 aromatic rings. The van der Waals surface area contributed by atoms with Crippen LogP contribution in [0.4, 0.5) is 0 Å². The summed E-state index contributed by atoms with van der Waals surface area (Å²) in [6, 6.07) is 0. The molecular formula is C17H26BN2OS2.